The number of nitrogens with zero attached hydrogens (tertiary/aromatic N) is 2. The second-order valence-corrected chi connectivity index (χ2v) is 5.88. The first-order valence-electron chi connectivity index (χ1n) is 7.84. The third-order valence-electron chi connectivity index (χ3n) is 4.40. The summed E-state index contributed by atoms with van der Waals surface area (Å²) in [5.74, 6) is -0.502. The predicted molar refractivity (Wildman–Crippen MR) is 88.8 cm³/mol. The van der Waals surface area contributed by atoms with Gasteiger partial charge < -0.3 is 4.90 Å². The lowest BCUT2D eigenvalue weighted by Crippen LogP contribution is -2.36. The minimum absolute atomic E-state index is 0.101. The fourth-order valence-corrected chi connectivity index (χ4v) is 3.12. The van der Waals surface area contributed by atoms with Crippen LogP contribution < -0.4 is 4.90 Å². The molecule has 3 rings (SSSR count). The van der Waals surface area contributed by atoms with Crippen LogP contribution in [0.4, 0.5) is 15.8 Å². The van der Waals surface area contributed by atoms with Gasteiger partial charge in [-0.3, -0.25) is 14.9 Å². The molecule has 2 aromatic rings. The average molecular weight is 328 g/mol. The molecule has 5 nitrogen and oxygen atoms in total. The van der Waals surface area contributed by atoms with Crippen LogP contribution in [0.2, 0.25) is 0 Å². The maximum atomic E-state index is 13.5. The standard InChI is InChI=1S/C18H17FN2O3/c19-15-6-7-16(21(23)24)17(12-15)20-10-8-14(9-11-20)18(22)13-4-2-1-3-5-13/h1-7,12,14H,8-11H2. The number of Topliss-reactive ketones (excluding diaryl/α,β-unsaturated/α-hetero) is 1. The summed E-state index contributed by atoms with van der Waals surface area (Å²) in [6.07, 6.45) is 1.20. The van der Waals surface area contributed by atoms with Crippen LogP contribution in [0.5, 0.6) is 0 Å². The highest BCUT2D eigenvalue weighted by Gasteiger charge is 2.29. The molecule has 0 aliphatic carbocycles. The van der Waals surface area contributed by atoms with Crippen molar-refractivity contribution in [1.29, 1.82) is 0 Å². The number of ketones is 1. The highest BCUT2D eigenvalue weighted by Crippen LogP contribution is 2.32. The maximum absolute atomic E-state index is 13.5. The van der Waals surface area contributed by atoms with Gasteiger partial charge in [-0.1, -0.05) is 30.3 Å². The molecular formula is C18H17FN2O3. The number of rotatable bonds is 4. The normalized spacial score (nSPS) is 15.3. The van der Waals surface area contributed by atoms with Crippen molar-refractivity contribution >= 4 is 17.2 Å². The van der Waals surface area contributed by atoms with E-state index in [2.05, 4.69) is 0 Å². The van der Waals surface area contributed by atoms with Gasteiger partial charge in [0.1, 0.15) is 11.5 Å². The minimum Gasteiger partial charge on any atom is -0.366 e. The number of nitro groups is 1. The fraction of sp³-hybridized carbons (Fsp3) is 0.278. The Kier molecular flexibility index (Phi) is 4.55. The van der Waals surface area contributed by atoms with Crippen molar-refractivity contribution in [3.8, 4) is 0 Å². The second-order valence-electron chi connectivity index (χ2n) is 5.88. The van der Waals surface area contributed by atoms with Gasteiger partial charge in [-0.25, -0.2) is 4.39 Å². The van der Waals surface area contributed by atoms with Crippen molar-refractivity contribution in [1.82, 2.24) is 0 Å². The number of hydrogen-bond acceptors (Lipinski definition) is 4. The second kappa shape index (κ2) is 6.78. The third-order valence-corrected chi connectivity index (χ3v) is 4.40. The third kappa shape index (κ3) is 3.27. The van der Waals surface area contributed by atoms with Gasteiger partial charge in [0, 0.05) is 36.7 Å². The first-order chi connectivity index (χ1) is 11.6. The molecule has 0 saturated carbocycles. The summed E-state index contributed by atoms with van der Waals surface area (Å²) in [7, 11) is 0. The lowest BCUT2D eigenvalue weighted by molar-refractivity contribution is -0.384. The van der Waals surface area contributed by atoms with Crippen LogP contribution in [0.15, 0.2) is 48.5 Å². The summed E-state index contributed by atoms with van der Waals surface area (Å²) in [6, 6.07) is 12.6. The van der Waals surface area contributed by atoms with E-state index >= 15 is 0 Å². The minimum atomic E-state index is -0.504. The Morgan fingerprint density at radius 3 is 2.42 bits per heavy atom. The number of carbonyl (C=O) groups excluding carboxylic acids is 1. The van der Waals surface area contributed by atoms with E-state index in [0.29, 0.717) is 31.5 Å². The Balaban J connectivity index is 1.73. The van der Waals surface area contributed by atoms with E-state index < -0.39 is 10.7 Å². The Morgan fingerprint density at radius 2 is 1.79 bits per heavy atom. The highest BCUT2D eigenvalue weighted by molar-refractivity contribution is 5.98. The molecule has 0 amide bonds. The molecule has 0 spiro atoms. The summed E-state index contributed by atoms with van der Waals surface area (Å²) in [5.41, 5.74) is 0.863. The van der Waals surface area contributed by atoms with E-state index in [9.17, 15) is 19.3 Å². The summed E-state index contributed by atoms with van der Waals surface area (Å²) in [5, 5.41) is 11.1. The van der Waals surface area contributed by atoms with E-state index in [4.69, 9.17) is 0 Å². The zero-order valence-electron chi connectivity index (χ0n) is 13.0. The zero-order valence-corrected chi connectivity index (χ0v) is 13.0. The summed E-state index contributed by atoms with van der Waals surface area (Å²) < 4.78 is 13.5. The first kappa shape index (κ1) is 16.1. The van der Waals surface area contributed by atoms with Gasteiger partial charge in [0.15, 0.2) is 5.78 Å². The molecule has 0 radical (unpaired) electrons. The Morgan fingerprint density at radius 1 is 1.12 bits per heavy atom. The molecule has 124 valence electrons. The molecule has 0 N–H and O–H groups in total. The molecule has 0 aromatic heterocycles. The van der Waals surface area contributed by atoms with Crippen LogP contribution in [0.25, 0.3) is 0 Å². The molecule has 1 saturated heterocycles. The Labute approximate surface area is 138 Å². The van der Waals surface area contributed by atoms with Gasteiger partial charge in [-0.05, 0) is 18.9 Å². The highest BCUT2D eigenvalue weighted by atomic mass is 19.1. The van der Waals surface area contributed by atoms with Gasteiger partial charge in [0.2, 0.25) is 0 Å². The number of benzene rings is 2. The van der Waals surface area contributed by atoms with Crippen molar-refractivity contribution in [3.63, 3.8) is 0 Å². The summed E-state index contributed by atoms with van der Waals surface area (Å²) in [6.45, 7) is 0.987. The molecule has 0 unspecified atom stereocenters. The van der Waals surface area contributed by atoms with Gasteiger partial charge in [0.05, 0.1) is 4.92 Å². The molecule has 2 aromatic carbocycles. The largest absolute Gasteiger partial charge is 0.366 e. The van der Waals surface area contributed by atoms with Crippen molar-refractivity contribution in [2.45, 2.75) is 12.8 Å². The zero-order chi connectivity index (χ0) is 17.1. The van der Waals surface area contributed by atoms with E-state index in [1.165, 1.54) is 12.1 Å². The monoisotopic (exact) mass is 328 g/mol. The van der Waals surface area contributed by atoms with Crippen molar-refractivity contribution in [3.05, 3.63) is 70.0 Å². The predicted octanol–water partition coefficient (Wildman–Crippen LogP) is 3.83. The van der Waals surface area contributed by atoms with Crippen LogP contribution >= 0.6 is 0 Å². The molecule has 1 heterocycles. The van der Waals surface area contributed by atoms with Crippen molar-refractivity contribution in [2.24, 2.45) is 5.92 Å². The average Bonchev–Trinajstić information content (AvgIpc) is 2.61. The number of nitro benzene ring substituents is 1. The summed E-state index contributed by atoms with van der Waals surface area (Å²) >= 11 is 0. The van der Waals surface area contributed by atoms with Crippen LogP contribution in [0.1, 0.15) is 23.2 Å². The molecular weight excluding hydrogens is 311 g/mol. The van der Waals surface area contributed by atoms with Crippen LogP contribution in [0.3, 0.4) is 0 Å². The lowest BCUT2D eigenvalue weighted by Gasteiger charge is -2.32. The van der Waals surface area contributed by atoms with E-state index in [1.807, 2.05) is 18.2 Å². The number of piperidine rings is 1. The smallest absolute Gasteiger partial charge is 0.292 e. The lowest BCUT2D eigenvalue weighted by atomic mass is 9.88. The van der Waals surface area contributed by atoms with E-state index in [-0.39, 0.29) is 23.1 Å². The molecule has 1 aliphatic rings. The van der Waals surface area contributed by atoms with Gasteiger partial charge in [0.25, 0.3) is 5.69 Å². The first-order valence-corrected chi connectivity index (χ1v) is 7.84. The van der Waals surface area contributed by atoms with E-state index in [1.54, 1.807) is 17.0 Å². The van der Waals surface area contributed by atoms with Gasteiger partial charge in [-0.2, -0.15) is 0 Å². The fourth-order valence-electron chi connectivity index (χ4n) is 3.12. The number of hydrogen-bond donors (Lipinski definition) is 0. The Hall–Kier alpha value is -2.76. The SMILES string of the molecule is O=C(c1ccccc1)C1CCN(c2cc(F)ccc2[N+](=O)[O-])CC1. The quantitative estimate of drug-likeness (QED) is 0.486. The number of carbonyl (C=O) groups is 1. The molecule has 24 heavy (non-hydrogen) atoms. The number of halogens is 1. The van der Waals surface area contributed by atoms with Crippen LogP contribution in [-0.2, 0) is 0 Å². The van der Waals surface area contributed by atoms with Crippen LogP contribution in [0, 0.1) is 21.8 Å². The molecule has 1 aliphatic heterocycles. The van der Waals surface area contributed by atoms with Crippen LogP contribution in [-0.4, -0.2) is 23.8 Å². The summed E-state index contributed by atoms with van der Waals surface area (Å²) in [4.78, 5) is 24.9. The maximum Gasteiger partial charge on any atom is 0.292 e. The van der Waals surface area contributed by atoms with E-state index in [0.717, 1.165) is 6.07 Å². The topological polar surface area (TPSA) is 63.5 Å². The van der Waals surface area contributed by atoms with Crippen molar-refractivity contribution in [2.75, 3.05) is 18.0 Å². The van der Waals surface area contributed by atoms with Gasteiger partial charge >= 0.3 is 0 Å². The molecule has 6 heteroatoms. The molecule has 0 bridgehead atoms. The Bertz CT molecular complexity index is 756. The van der Waals surface area contributed by atoms with Gasteiger partial charge in [-0.15, -0.1) is 0 Å². The molecule has 1 fully saturated rings. The number of anilines is 1. The molecule has 0 atom stereocenters. The van der Waals surface area contributed by atoms with Crippen molar-refractivity contribution < 1.29 is 14.1 Å².